The number of hydrogen-bond acceptors (Lipinski definition) is 6. The van der Waals surface area contributed by atoms with Crippen LogP contribution in [-0.2, 0) is 16.1 Å². The molecule has 0 saturated heterocycles. The van der Waals surface area contributed by atoms with E-state index in [0.717, 1.165) is 33.3 Å². The van der Waals surface area contributed by atoms with Crippen LogP contribution in [0.1, 0.15) is 40.9 Å². The monoisotopic (exact) mass is 639 g/mol. The van der Waals surface area contributed by atoms with Crippen molar-refractivity contribution in [3.63, 3.8) is 0 Å². The summed E-state index contributed by atoms with van der Waals surface area (Å²) in [5, 5.41) is 1.06. The summed E-state index contributed by atoms with van der Waals surface area (Å²) >= 11 is 1.32. The Hall–Kier alpha value is -5.47. The zero-order valence-corrected chi connectivity index (χ0v) is 27.2. The lowest BCUT2D eigenvalue weighted by molar-refractivity contribution is -0.138. The third-order valence-electron chi connectivity index (χ3n) is 8.52. The highest BCUT2D eigenvalue weighted by atomic mass is 32.1. The third-order valence-corrected chi connectivity index (χ3v) is 9.50. The summed E-state index contributed by atoms with van der Waals surface area (Å²) < 4.78 is 15.6. The van der Waals surface area contributed by atoms with Crippen molar-refractivity contribution < 1.29 is 14.3 Å². The summed E-state index contributed by atoms with van der Waals surface area (Å²) in [5.41, 5.74) is 6.38. The number of hydrogen-bond donors (Lipinski definition) is 0. The molecule has 4 aromatic carbocycles. The maximum Gasteiger partial charge on any atom is 0.338 e. The number of nitrogens with zero attached hydrogens (tertiary/aromatic N) is 3. The van der Waals surface area contributed by atoms with Crippen LogP contribution in [-0.4, -0.2) is 28.8 Å². The molecule has 3 heterocycles. The first-order chi connectivity index (χ1) is 23.0. The van der Waals surface area contributed by atoms with E-state index in [4.69, 9.17) is 14.5 Å². The van der Waals surface area contributed by atoms with E-state index >= 15 is 0 Å². The van der Waals surface area contributed by atoms with Crippen LogP contribution >= 0.6 is 11.3 Å². The normalized spacial score (nSPS) is 14.6. The van der Waals surface area contributed by atoms with E-state index in [9.17, 15) is 9.59 Å². The largest absolute Gasteiger partial charge is 0.497 e. The predicted molar refractivity (Wildman–Crippen MR) is 186 cm³/mol. The molecule has 7 nitrogen and oxygen atoms in total. The lowest BCUT2D eigenvalue weighted by atomic mass is 9.93. The molecule has 0 spiro atoms. The fraction of sp³-hybridized carbons (Fsp3) is 0.154. The van der Waals surface area contributed by atoms with Gasteiger partial charge in [-0.15, -0.1) is 0 Å². The van der Waals surface area contributed by atoms with Crippen LogP contribution in [0.15, 0.2) is 125 Å². The smallest absolute Gasteiger partial charge is 0.338 e. The number of carbonyl (C=O) groups is 1. The van der Waals surface area contributed by atoms with Gasteiger partial charge in [0.1, 0.15) is 5.75 Å². The summed E-state index contributed by atoms with van der Waals surface area (Å²) in [7, 11) is 1.60. The van der Waals surface area contributed by atoms with Crippen molar-refractivity contribution in [2.75, 3.05) is 13.7 Å². The first-order valence-electron chi connectivity index (χ1n) is 15.5. The molecule has 0 bridgehead atoms. The molecule has 0 saturated carbocycles. The fourth-order valence-corrected chi connectivity index (χ4v) is 7.29. The Balaban J connectivity index is 1.49. The molecule has 8 heteroatoms. The Labute approximate surface area is 276 Å². The summed E-state index contributed by atoms with van der Waals surface area (Å²) in [5.74, 6) is 0.102. The molecule has 0 radical (unpaired) electrons. The van der Waals surface area contributed by atoms with Crippen LogP contribution < -0.4 is 19.6 Å². The number of thiazole rings is 1. The fourth-order valence-electron chi connectivity index (χ4n) is 6.31. The molecule has 1 aliphatic rings. The molecular formula is C39H33N3O4S. The van der Waals surface area contributed by atoms with Crippen LogP contribution in [0.2, 0.25) is 0 Å². The zero-order valence-electron chi connectivity index (χ0n) is 26.3. The van der Waals surface area contributed by atoms with Crippen molar-refractivity contribution in [3.8, 4) is 5.75 Å². The number of rotatable bonds is 8. The van der Waals surface area contributed by atoms with Gasteiger partial charge >= 0.3 is 5.97 Å². The summed E-state index contributed by atoms with van der Waals surface area (Å²) in [6, 6.07) is 34.9. The first-order valence-corrected chi connectivity index (χ1v) is 16.3. The molecule has 0 aliphatic carbocycles. The van der Waals surface area contributed by atoms with Crippen LogP contribution in [0.5, 0.6) is 5.75 Å². The standard InChI is InChI=1S/C39H33N3O4S/c1-4-46-38(44)34-35(27-16-9-6-10-17-27)40-39-42(36(34)28-18-13-19-29(22-28)45-3)37(43)33(47-39)23-31-25(2)41(24-26-14-7-5-8-15-26)32-21-12-11-20-30(31)32/h5-23,36H,4,24H2,1-3H3/b33-23-/t36-/m1/s1. The van der Waals surface area contributed by atoms with Crippen LogP contribution in [0.25, 0.3) is 22.7 Å². The van der Waals surface area contributed by atoms with E-state index in [2.05, 4.69) is 35.8 Å². The zero-order chi connectivity index (χ0) is 32.5. The summed E-state index contributed by atoms with van der Waals surface area (Å²) in [6.07, 6.45) is 1.97. The molecule has 47 heavy (non-hydrogen) atoms. The van der Waals surface area contributed by atoms with Crippen LogP contribution in [0.3, 0.4) is 0 Å². The predicted octanol–water partition coefficient (Wildman–Crippen LogP) is 6.26. The van der Waals surface area contributed by atoms with Gasteiger partial charge in [0.05, 0.1) is 35.6 Å². The Morgan fingerprint density at radius 1 is 0.936 bits per heavy atom. The van der Waals surface area contributed by atoms with Crippen molar-refractivity contribution in [2.24, 2.45) is 4.99 Å². The van der Waals surface area contributed by atoms with E-state index in [0.29, 0.717) is 32.9 Å². The number of ether oxygens (including phenoxy) is 2. The van der Waals surface area contributed by atoms with Crippen molar-refractivity contribution in [1.82, 2.24) is 9.13 Å². The highest BCUT2D eigenvalue weighted by Gasteiger charge is 2.35. The number of aromatic nitrogens is 2. The second kappa shape index (κ2) is 12.7. The molecule has 0 N–H and O–H groups in total. The van der Waals surface area contributed by atoms with Gasteiger partial charge in [0.25, 0.3) is 5.56 Å². The molecule has 1 atom stereocenters. The lowest BCUT2D eigenvalue weighted by Crippen LogP contribution is -2.40. The Morgan fingerprint density at radius 2 is 1.66 bits per heavy atom. The molecular weight excluding hydrogens is 607 g/mol. The molecule has 1 aliphatic heterocycles. The maximum absolute atomic E-state index is 14.5. The average molecular weight is 640 g/mol. The quantitative estimate of drug-likeness (QED) is 0.185. The van der Waals surface area contributed by atoms with Gasteiger partial charge < -0.3 is 14.0 Å². The highest BCUT2D eigenvalue weighted by Crippen LogP contribution is 2.36. The molecule has 0 unspecified atom stereocenters. The third kappa shape index (κ3) is 5.51. The van der Waals surface area contributed by atoms with E-state index in [1.165, 1.54) is 16.9 Å². The number of methoxy groups -OCH3 is 1. The van der Waals surface area contributed by atoms with Crippen molar-refractivity contribution in [3.05, 3.63) is 162 Å². The van der Waals surface area contributed by atoms with Crippen molar-refractivity contribution in [2.45, 2.75) is 26.4 Å². The van der Waals surface area contributed by atoms with E-state index in [-0.39, 0.29) is 12.2 Å². The van der Waals surface area contributed by atoms with Gasteiger partial charge in [-0.3, -0.25) is 9.36 Å². The molecule has 0 amide bonds. The molecule has 7 rings (SSSR count). The minimum absolute atomic E-state index is 0.186. The van der Waals surface area contributed by atoms with E-state index in [1.54, 1.807) is 18.6 Å². The number of carbonyl (C=O) groups excluding carboxylic acids is 1. The Bertz CT molecular complexity index is 2330. The Kier molecular flexibility index (Phi) is 8.18. The topological polar surface area (TPSA) is 74.8 Å². The van der Waals surface area contributed by atoms with Crippen LogP contribution in [0, 0.1) is 6.92 Å². The molecule has 2 aromatic heterocycles. The summed E-state index contributed by atoms with van der Waals surface area (Å²) in [6.45, 7) is 4.76. The maximum atomic E-state index is 14.5. The van der Waals surface area contributed by atoms with Crippen molar-refractivity contribution >= 4 is 40.0 Å². The van der Waals surface area contributed by atoms with Gasteiger partial charge in [-0.2, -0.15) is 0 Å². The van der Waals surface area contributed by atoms with E-state index in [1.807, 2.05) is 91.0 Å². The van der Waals surface area contributed by atoms with Gasteiger partial charge in [-0.25, -0.2) is 9.79 Å². The van der Waals surface area contributed by atoms with E-state index < -0.39 is 12.0 Å². The molecule has 234 valence electrons. The lowest BCUT2D eigenvalue weighted by Gasteiger charge is -2.26. The molecule has 0 fully saturated rings. The van der Waals surface area contributed by atoms with Gasteiger partial charge in [-0.05, 0) is 49.2 Å². The van der Waals surface area contributed by atoms with Crippen LogP contribution in [0.4, 0.5) is 0 Å². The highest BCUT2D eigenvalue weighted by molar-refractivity contribution is 7.07. The summed E-state index contributed by atoms with van der Waals surface area (Å²) in [4.78, 5) is 33.8. The number of para-hydroxylation sites is 1. The first kappa shape index (κ1) is 30.2. The minimum atomic E-state index is -0.779. The molecule has 6 aromatic rings. The second-order valence-electron chi connectivity index (χ2n) is 11.3. The number of fused-ring (bicyclic) bond motifs is 2. The van der Waals surface area contributed by atoms with Gasteiger partial charge in [0.15, 0.2) is 4.80 Å². The average Bonchev–Trinajstić information content (AvgIpc) is 3.56. The van der Waals surface area contributed by atoms with Gasteiger partial charge in [-0.1, -0.05) is 102 Å². The minimum Gasteiger partial charge on any atom is -0.497 e. The second-order valence-corrected chi connectivity index (χ2v) is 12.3. The Morgan fingerprint density at radius 3 is 2.40 bits per heavy atom. The van der Waals surface area contributed by atoms with Gasteiger partial charge in [0.2, 0.25) is 0 Å². The van der Waals surface area contributed by atoms with Crippen molar-refractivity contribution in [1.29, 1.82) is 0 Å². The van der Waals surface area contributed by atoms with Gasteiger partial charge in [0, 0.05) is 34.3 Å². The SMILES string of the molecule is CCOC(=O)C1=C(c2ccccc2)N=c2s/c(=C\c3c(C)n(Cc4ccccc4)c4ccccc34)c(=O)n2[C@@H]1c1cccc(OC)c1. The number of benzene rings is 4. The number of esters is 1.